The molecule has 0 fully saturated rings. The molecule has 1 aromatic rings. The van der Waals surface area contributed by atoms with E-state index in [9.17, 15) is 13.2 Å². The van der Waals surface area contributed by atoms with Crippen LogP contribution in [0, 0.1) is 0 Å². The lowest BCUT2D eigenvalue weighted by molar-refractivity contribution is -0.144. The highest BCUT2D eigenvalue weighted by Gasteiger charge is 2.40. The van der Waals surface area contributed by atoms with Crippen LogP contribution in [0.2, 0.25) is 5.15 Å². The highest BCUT2D eigenvalue weighted by Crippen LogP contribution is 2.38. The molecule has 2 rings (SSSR count). The van der Waals surface area contributed by atoms with Crippen molar-refractivity contribution in [1.29, 1.82) is 0 Å². The Bertz CT molecular complexity index is 591. The van der Waals surface area contributed by atoms with Crippen LogP contribution in [0.5, 0.6) is 0 Å². The molecule has 4 nitrogen and oxygen atoms in total. The fourth-order valence-electron chi connectivity index (χ4n) is 1.99. The largest absolute Gasteiger partial charge is 0.433 e. The minimum atomic E-state index is -4.51. The van der Waals surface area contributed by atoms with E-state index in [2.05, 4.69) is 10.3 Å². The lowest BCUT2D eigenvalue weighted by Crippen LogP contribution is -2.26. The number of alkyl halides is 4. The highest BCUT2D eigenvalue weighted by molar-refractivity contribution is 8.13. The van der Waals surface area contributed by atoms with Crippen LogP contribution >= 0.6 is 35.0 Å². The van der Waals surface area contributed by atoms with Crippen LogP contribution in [0.1, 0.15) is 31.5 Å². The Balaban J connectivity index is 2.16. The van der Waals surface area contributed by atoms with E-state index in [0.717, 1.165) is 16.4 Å². The van der Waals surface area contributed by atoms with Gasteiger partial charge < -0.3 is 4.84 Å². The van der Waals surface area contributed by atoms with Crippen LogP contribution in [-0.2, 0) is 23.3 Å². The topological polar surface area (TPSA) is 39.4 Å². The van der Waals surface area contributed by atoms with Crippen molar-refractivity contribution in [3.63, 3.8) is 0 Å². The van der Waals surface area contributed by atoms with Gasteiger partial charge in [0.25, 0.3) is 0 Å². The van der Waals surface area contributed by atoms with Crippen molar-refractivity contribution in [3.8, 4) is 0 Å². The fraction of sp³-hybridized carbons (Fsp3) is 0.667. The molecule has 0 N–H and O–H groups in total. The molecule has 1 unspecified atom stereocenters. The first kappa shape index (κ1) is 17.7. The third-order valence-electron chi connectivity index (χ3n) is 3.13. The summed E-state index contributed by atoms with van der Waals surface area (Å²) in [5.41, 5.74) is -1.45. The van der Waals surface area contributed by atoms with Crippen molar-refractivity contribution in [3.05, 3.63) is 16.4 Å². The predicted octanol–water partition coefficient (Wildman–Crippen LogP) is 4.54. The quantitative estimate of drug-likeness (QED) is 0.725. The van der Waals surface area contributed by atoms with E-state index in [1.165, 1.54) is 0 Å². The standard InChI is InChI=1S/C12H14Cl2F3N3OS/c1-3-20-9(12(15,16)17)7(10(14)18-20)5-22-8-4-11(2,6-13)21-19-8/h3-6H2,1-2H3. The molecule has 0 spiro atoms. The van der Waals surface area contributed by atoms with E-state index in [4.69, 9.17) is 28.0 Å². The third-order valence-corrected chi connectivity index (χ3v) is 4.98. The first-order valence-electron chi connectivity index (χ1n) is 6.46. The Morgan fingerprint density at radius 3 is 2.64 bits per heavy atom. The summed E-state index contributed by atoms with van der Waals surface area (Å²) in [7, 11) is 0. The molecule has 0 radical (unpaired) electrons. The average Bonchev–Trinajstić information content (AvgIpc) is 2.97. The number of rotatable bonds is 4. The van der Waals surface area contributed by atoms with Gasteiger partial charge in [-0.3, -0.25) is 4.68 Å². The summed E-state index contributed by atoms with van der Waals surface area (Å²) in [6.07, 6.45) is -4.05. The molecule has 22 heavy (non-hydrogen) atoms. The summed E-state index contributed by atoms with van der Waals surface area (Å²) in [4.78, 5) is 5.20. The van der Waals surface area contributed by atoms with Gasteiger partial charge in [-0.25, -0.2) is 0 Å². The van der Waals surface area contributed by atoms with Gasteiger partial charge in [0.15, 0.2) is 10.8 Å². The zero-order valence-electron chi connectivity index (χ0n) is 11.9. The van der Waals surface area contributed by atoms with Crippen molar-refractivity contribution in [2.75, 3.05) is 5.88 Å². The van der Waals surface area contributed by atoms with Gasteiger partial charge in [-0.15, -0.1) is 23.4 Å². The van der Waals surface area contributed by atoms with Crippen LogP contribution < -0.4 is 0 Å². The number of aromatic nitrogens is 2. The number of halogens is 5. The molecule has 0 saturated heterocycles. The van der Waals surface area contributed by atoms with E-state index >= 15 is 0 Å². The van der Waals surface area contributed by atoms with Gasteiger partial charge in [-0.05, 0) is 13.8 Å². The van der Waals surface area contributed by atoms with Gasteiger partial charge in [0, 0.05) is 24.3 Å². The second kappa shape index (κ2) is 6.49. The van der Waals surface area contributed by atoms with E-state index in [-0.39, 0.29) is 28.9 Å². The minimum Gasteiger partial charge on any atom is -0.387 e. The first-order chi connectivity index (χ1) is 10.2. The van der Waals surface area contributed by atoms with Crippen molar-refractivity contribution >= 4 is 40.0 Å². The number of nitrogens with zero attached hydrogens (tertiary/aromatic N) is 3. The molecule has 0 bridgehead atoms. The normalized spacial score (nSPS) is 21.9. The lowest BCUT2D eigenvalue weighted by Gasteiger charge is -2.16. The van der Waals surface area contributed by atoms with Crippen molar-refractivity contribution in [2.24, 2.45) is 5.16 Å². The summed E-state index contributed by atoms with van der Waals surface area (Å²) in [6, 6.07) is 0. The molecule has 1 aliphatic heterocycles. The Morgan fingerprint density at radius 1 is 1.45 bits per heavy atom. The third kappa shape index (κ3) is 3.65. The number of aryl methyl sites for hydroxylation is 1. The van der Waals surface area contributed by atoms with Gasteiger partial charge >= 0.3 is 6.18 Å². The summed E-state index contributed by atoms with van der Waals surface area (Å²) in [5, 5.41) is 8.07. The lowest BCUT2D eigenvalue weighted by atomic mass is 10.1. The number of hydrogen-bond donors (Lipinski definition) is 0. The van der Waals surface area contributed by atoms with Crippen molar-refractivity contribution < 1.29 is 18.0 Å². The van der Waals surface area contributed by atoms with Crippen LogP contribution in [0.3, 0.4) is 0 Å². The van der Waals surface area contributed by atoms with Gasteiger partial charge in [0.2, 0.25) is 0 Å². The molecular formula is C12H14Cl2F3N3OS. The molecule has 0 saturated carbocycles. The van der Waals surface area contributed by atoms with Gasteiger partial charge in [-0.2, -0.15) is 18.3 Å². The monoisotopic (exact) mass is 375 g/mol. The summed E-state index contributed by atoms with van der Waals surface area (Å²) in [6.45, 7) is 3.46. The molecule has 1 aliphatic rings. The zero-order valence-corrected chi connectivity index (χ0v) is 14.2. The van der Waals surface area contributed by atoms with E-state index in [1.54, 1.807) is 13.8 Å². The van der Waals surface area contributed by atoms with Gasteiger partial charge in [-0.1, -0.05) is 16.8 Å². The summed E-state index contributed by atoms with van der Waals surface area (Å²) >= 11 is 12.8. The maximum absolute atomic E-state index is 13.2. The smallest absolute Gasteiger partial charge is 0.387 e. The van der Waals surface area contributed by atoms with Gasteiger partial charge in [0.1, 0.15) is 10.7 Å². The molecule has 124 valence electrons. The average molecular weight is 376 g/mol. The van der Waals surface area contributed by atoms with Gasteiger partial charge in [0.05, 0.1) is 5.88 Å². The minimum absolute atomic E-state index is 0.0221. The molecule has 1 atom stereocenters. The van der Waals surface area contributed by atoms with Crippen molar-refractivity contribution in [2.45, 2.75) is 44.3 Å². The Kier molecular flexibility index (Phi) is 5.23. The second-order valence-electron chi connectivity index (χ2n) is 5.06. The zero-order chi connectivity index (χ0) is 16.5. The molecule has 0 aromatic carbocycles. The molecule has 1 aromatic heterocycles. The van der Waals surface area contributed by atoms with Crippen molar-refractivity contribution in [1.82, 2.24) is 9.78 Å². The van der Waals surface area contributed by atoms with E-state index < -0.39 is 17.5 Å². The number of hydrogen-bond acceptors (Lipinski definition) is 4. The molecule has 0 aliphatic carbocycles. The number of thioether (sulfide) groups is 1. The number of oxime groups is 1. The maximum Gasteiger partial charge on any atom is 0.433 e. The molecule has 10 heteroatoms. The first-order valence-corrected chi connectivity index (χ1v) is 8.36. The Labute approximate surface area is 140 Å². The second-order valence-corrected chi connectivity index (χ2v) is 6.73. The maximum atomic E-state index is 13.2. The Morgan fingerprint density at radius 2 is 2.14 bits per heavy atom. The Hall–Kier alpha value is -0.600. The van der Waals surface area contributed by atoms with E-state index in [1.807, 2.05) is 0 Å². The predicted molar refractivity (Wildman–Crippen MR) is 81.5 cm³/mol. The fourth-order valence-corrected chi connectivity index (χ4v) is 3.55. The van der Waals surface area contributed by atoms with Crippen LogP contribution in [-0.4, -0.2) is 26.3 Å². The van der Waals surface area contributed by atoms with Crippen LogP contribution in [0.25, 0.3) is 0 Å². The molecule has 2 heterocycles. The summed E-state index contributed by atoms with van der Waals surface area (Å²) in [5.74, 6) is 0.275. The summed E-state index contributed by atoms with van der Waals surface area (Å²) < 4.78 is 40.4. The highest BCUT2D eigenvalue weighted by atomic mass is 35.5. The van der Waals surface area contributed by atoms with Crippen LogP contribution in [0.4, 0.5) is 13.2 Å². The SMILES string of the molecule is CCn1nc(Cl)c(CSC2=NOC(C)(CCl)C2)c1C(F)(F)F. The molecule has 0 amide bonds. The van der Waals surface area contributed by atoms with Crippen LogP contribution in [0.15, 0.2) is 5.16 Å². The van der Waals surface area contributed by atoms with E-state index in [0.29, 0.717) is 11.5 Å². The molecular weight excluding hydrogens is 362 g/mol.